The Bertz CT molecular complexity index is 1320. The zero-order valence-electron chi connectivity index (χ0n) is 23.1. The number of rotatable bonds is 7. The molecule has 13 heteroatoms. The predicted molar refractivity (Wildman–Crippen MR) is 142 cm³/mol. The number of aromatic nitrogens is 4. The third kappa shape index (κ3) is 4.52. The molecule has 1 saturated heterocycles. The van der Waals surface area contributed by atoms with E-state index in [1.807, 2.05) is 6.07 Å². The molecule has 1 aromatic carbocycles. The van der Waals surface area contributed by atoms with Crippen molar-refractivity contribution in [1.29, 1.82) is 0 Å². The monoisotopic (exact) mass is 555 g/mol. The topological polar surface area (TPSA) is 127 Å². The van der Waals surface area contributed by atoms with Crippen LogP contribution >= 0.6 is 11.8 Å². The van der Waals surface area contributed by atoms with Gasteiger partial charge < -0.3 is 24.1 Å². The second-order valence-corrected chi connectivity index (χ2v) is 13.2. The van der Waals surface area contributed by atoms with E-state index in [0.717, 1.165) is 18.4 Å². The summed E-state index contributed by atoms with van der Waals surface area (Å²) in [7, 11) is 1.07. The first-order valence-electron chi connectivity index (χ1n) is 13.4. The average molecular weight is 555 g/mol. The Hall–Kier alpha value is -2.64. The minimum Gasteiger partial charge on any atom is -0.452 e. The number of nitrogens with zero attached hydrogens (tertiary/aromatic N) is 4. The smallest absolute Gasteiger partial charge is 0.452 e. The Morgan fingerprint density at radius 2 is 2.03 bits per heavy atom. The Morgan fingerprint density at radius 1 is 1.23 bits per heavy atom. The molecule has 2 bridgehead atoms. The molecule has 5 atom stereocenters. The number of para-hydroxylation sites is 1. The number of carbonyl (C=O) groups excluding carboxylic acids is 2. The molecule has 0 radical (unpaired) electrons. The van der Waals surface area contributed by atoms with Crippen molar-refractivity contribution >= 4 is 30.8 Å². The van der Waals surface area contributed by atoms with Gasteiger partial charge in [-0.25, -0.2) is 9.48 Å². The van der Waals surface area contributed by atoms with Crippen LogP contribution in [0.2, 0.25) is 0 Å². The molecular formula is C26H34BN5O6S. The summed E-state index contributed by atoms with van der Waals surface area (Å²) in [6.07, 6.45) is 2.38. The van der Waals surface area contributed by atoms with Crippen molar-refractivity contribution in [2.24, 2.45) is 24.3 Å². The molecule has 11 nitrogen and oxygen atoms in total. The summed E-state index contributed by atoms with van der Waals surface area (Å²) < 4.78 is 26.3. The van der Waals surface area contributed by atoms with Crippen LogP contribution in [0, 0.1) is 17.3 Å². The summed E-state index contributed by atoms with van der Waals surface area (Å²) >= 11 is 1.25. The van der Waals surface area contributed by atoms with Crippen molar-refractivity contribution in [3.63, 3.8) is 0 Å². The summed E-state index contributed by atoms with van der Waals surface area (Å²) in [6.45, 7) is 10.2. The number of benzene rings is 1. The highest BCUT2D eigenvalue weighted by atomic mass is 32.2. The van der Waals surface area contributed by atoms with E-state index < -0.39 is 30.4 Å². The normalized spacial score (nSPS) is 30.4. The van der Waals surface area contributed by atoms with E-state index in [1.54, 1.807) is 33.0 Å². The van der Waals surface area contributed by atoms with E-state index in [0.29, 0.717) is 34.7 Å². The van der Waals surface area contributed by atoms with Gasteiger partial charge in [-0.15, -0.1) is 5.10 Å². The van der Waals surface area contributed by atoms with E-state index in [1.165, 1.54) is 16.4 Å². The lowest BCUT2D eigenvalue weighted by Crippen LogP contribution is -2.65. The molecule has 1 aromatic heterocycles. The van der Waals surface area contributed by atoms with Gasteiger partial charge in [-0.3, -0.25) is 4.79 Å². The minimum atomic E-state index is -1.10. The van der Waals surface area contributed by atoms with Gasteiger partial charge in [0.15, 0.2) is 0 Å². The molecule has 4 fully saturated rings. The first kappa shape index (κ1) is 26.6. The van der Waals surface area contributed by atoms with Gasteiger partial charge >= 0.3 is 13.1 Å². The van der Waals surface area contributed by atoms with Crippen LogP contribution in [0.15, 0.2) is 23.4 Å². The fourth-order valence-electron chi connectivity index (χ4n) is 6.82. The van der Waals surface area contributed by atoms with E-state index in [2.05, 4.69) is 41.6 Å². The predicted octanol–water partition coefficient (Wildman–Crippen LogP) is 2.58. The van der Waals surface area contributed by atoms with Crippen LogP contribution in [0.25, 0.3) is 0 Å². The number of fused-ring (bicyclic) bond motifs is 1. The first-order valence-corrected chi connectivity index (χ1v) is 14.4. The van der Waals surface area contributed by atoms with Gasteiger partial charge in [0, 0.05) is 20.9 Å². The maximum atomic E-state index is 13.2. The number of nitrogens with one attached hydrogen (secondary N) is 1. The van der Waals surface area contributed by atoms with Crippen molar-refractivity contribution in [1.82, 2.24) is 25.5 Å². The standard InChI is InChI=1S/C26H34BN5O6S/c1-24(2)15-11-17(24)26(5)18(12-15)37-27(38-26)19(28-20(33)13-39-23-29-30-31-32(23)6)10-14-8-7-9-16-21(14)35-25(3,4)36-22(16)34/h7-9,15,17-19H,10-13H2,1-6H3,(H,28,33)/t15?,17-,18+,19-,26-/m0/s1. The molecule has 3 heterocycles. The summed E-state index contributed by atoms with van der Waals surface area (Å²) in [5.74, 6) is -0.681. The summed E-state index contributed by atoms with van der Waals surface area (Å²) in [5, 5.41) is 15.1. The maximum absolute atomic E-state index is 13.2. The summed E-state index contributed by atoms with van der Waals surface area (Å²) in [4.78, 5) is 25.9. The molecule has 1 amide bonds. The van der Waals surface area contributed by atoms with Gasteiger partial charge in [0.25, 0.3) is 0 Å². The van der Waals surface area contributed by atoms with Crippen LogP contribution in [-0.2, 0) is 32.3 Å². The molecule has 3 saturated carbocycles. The fraction of sp³-hybridized carbons (Fsp3) is 0.654. The van der Waals surface area contributed by atoms with Crippen molar-refractivity contribution in [2.75, 3.05) is 5.75 Å². The lowest BCUT2D eigenvalue weighted by molar-refractivity contribution is -0.199. The van der Waals surface area contributed by atoms with Crippen LogP contribution < -0.4 is 10.1 Å². The Balaban J connectivity index is 1.26. The number of tetrazole rings is 1. The number of hydrogen-bond donors (Lipinski definition) is 1. The molecule has 0 spiro atoms. The van der Waals surface area contributed by atoms with Gasteiger partial charge in [0.2, 0.25) is 16.9 Å². The van der Waals surface area contributed by atoms with Crippen LogP contribution in [0.5, 0.6) is 5.75 Å². The van der Waals surface area contributed by atoms with Gasteiger partial charge in [0.1, 0.15) is 11.3 Å². The fourth-order valence-corrected chi connectivity index (χ4v) is 7.48. The highest BCUT2D eigenvalue weighted by molar-refractivity contribution is 7.99. The number of carbonyl (C=O) groups is 2. The molecule has 39 heavy (non-hydrogen) atoms. The first-order chi connectivity index (χ1) is 18.4. The molecule has 5 aliphatic rings. The Kier molecular flexibility index (Phi) is 6.27. The Labute approximate surface area is 232 Å². The highest BCUT2D eigenvalue weighted by Gasteiger charge is 2.68. The quantitative estimate of drug-likeness (QED) is 0.310. The average Bonchev–Trinajstić information content (AvgIpc) is 3.43. The molecule has 1 unspecified atom stereocenters. The van der Waals surface area contributed by atoms with Crippen molar-refractivity contribution in [3.8, 4) is 5.75 Å². The lowest BCUT2D eigenvalue weighted by Gasteiger charge is -2.64. The minimum absolute atomic E-state index is 0.0346. The number of aryl methyl sites for hydroxylation is 1. The number of thioether (sulfide) groups is 1. The largest absolute Gasteiger partial charge is 0.482 e. The van der Waals surface area contributed by atoms with E-state index in [9.17, 15) is 9.59 Å². The van der Waals surface area contributed by atoms with Crippen LogP contribution in [0.4, 0.5) is 0 Å². The molecule has 3 aliphatic carbocycles. The van der Waals surface area contributed by atoms with Gasteiger partial charge in [-0.1, -0.05) is 37.7 Å². The summed E-state index contributed by atoms with van der Waals surface area (Å²) in [5.41, 5.74) is 0.897. The van der Waals surface area contributed by atoms with Crippen molar-refractivity contribution < 1.29 is 28.4 Å². The van der Waals surface area contributed by atoms with Crippen molar-refractivity contribution in [2.45, 2.75) is 82.5 Å². The summed E-state index contributed by atoms with van der Waals surface area (Å²) in [6, 6.07) is 5.38. The lowest BCUT2D eigenvalue weighted by atomic mass is 9.43. The van der Waals surface area contributed by atoms with Crippen LogP contribution in [0.3, 0.4) is 0 Å². The number of cyclic esters (lactones) is 1. The molecule has 208 valence electrons. The second kappa shape index (κ2) is 9.20. The van der Waals surface area contributed by atoms with Gasteiger partial charge in [-0.2, -0.15) is 0 Å². The molecular weight excluding hydrogens is 521 g/mol. The second-order valence-electron chi connectivity index (χ2n) is 12.3. The molecule has 7 rings (SSSR count). The number of hydrogen-bond acceptors (Lipinski definition) is 10. The molecule has 1 N–H and O–H groups in total. The highest BCUT2D eigenvalue weighted by Crippen LogP contribution is 2.65. The third-order valence-corrected chi connectivity index (χ3v) is 10.0. The Morgan fingerprint density at radius 3 is 2.74 bits per heavy atom. The van der Waals surface area contributed by atoms with Crippen LogP contribution in [0.1, 0.15) is 63.4 Å². The van der Waals surface area contributed by atoms with Gasteiger partial charge in [-0.05, 0) is 65.5 Å². The SMILES string of the molecule is Cn1nnnc1SCC(=O)N[C@@H](Cc1cccc2c1OC(C)(C)OC2=O)B1O[C@@H]2CC3C[C@@H](C3(C)C)[C@]2(C)O1. The number of amides is 1. The van der Waals surface area contributed by atoms with Crippen molar-refractivity contribution in [3.05, 3.63) is 29.3 Å². The van der Waals surface area contributed by atoms with E-state index >= 15 is 0 Å². The van der Waals surface area contributed by atoms with E-state index in [-0.39, 0.29) is 23.2 Å². The molecule has 2 aliphatic heterocycles. The number of esters is 1. The zero-order valence-corrected chi connectivity index (χ0v) is 23.9. The van der Waals surface area contributed by atoms with Crippen LogP contribution in [-0.4, -0.2) is 68.4 Å². The maximum Gasteiger partial charge on any atom is 0.482 e. The number of ether oxygens (including phenoxy) is 2. The zero-order chi connectivity index (χ0) is 27.7. The molecule has 2 aromatic rings. The third-order valence-electron chi connectivity index (χ3n) is 9.00. The van der Waals surface area contributed by atoms with Gasteiger partial charge in [0.05, 0.1) is 23.4 Å². The van der Waals surface area contributed by atoms with E-state index in [4.69, 9.17) is 18.8 Å².